The molecule has 1 aliphatic rings. The summed E-state index contributed by atoms with van der Waals surface area (Å²) in [6, 6.07) is 0. The van der Waals surface area contributed by atoms with E-state index in [9.17, 15) is 4.79 Å². The zero-order valence-corrected chi connectivity index (χ0v) is 12.7. The average molecular weight is 270 g/mol. The number of hydrogen-bond donors (Lipinski definition) is 1. The fraction of sp³-hybridized carbons (Fsp3) is 0.857. The number of amides is 1. The predicted octanol–water partition coefficient (Wildman–Crippen LogP) is 2.73. The van der Waals surface area contributed by atoms with Crippen LogP contribution in [0.1, 0.15) is 52.9 Å². The second-order valence-electron chi connectivity index (χ2n) is 6.34. The van der Waals surface area contributed by atoms with Crippen molar-refractivity contribution in [3.63, 3.8) is 0 Å². The molecular formula is C14H26N2OS. The Hall–Kier alpha value is -0.640. The zero-order chi connectivity index (χ0) is 13.8. The molecule has 0 aromatic heterocycles. The van der Waals surface area contributed by atoms with Crippen molar-refractivity contribution in [3.8, 4) is 0 Å². The second-order valence-corrected chi connectivity index (χ2v) is 6.87. The summed E-state index contributed by atoms with van der Waals surface area (Å²) in [7, 11) is 0. The molecule has 1 fully saturated rings. The van der Waals surface area contributed by atoms with Gasteiger partial charge in [0, 0.05) is 19.5 Å². The van der Waals surface area contributed by atoms with Crippen molar-refractivity contribution in [1.29, 1.82) is 0 Å². The van der Waals surface area contributed by atoms with Crippen molar-refractivity contribution in [2.24, 2.45) is 17.1 Å². The van der Waals surface area contributed by atoms with Crippen LogP contribution in [0.2, 0.25) is 0 Å². The minimum atomic E-state index is 0.296. The maximum atomic E-state index is 12.0. The van der Waals surface area contributed by atoms with Crippen molar-refractivity contribution in [3.05, 3.63) is 0 Å². The van der Waals surface area contributed by atoms with E-state index in [1.807, 2.05) is 4.90 Å². The van der Waals surface area contributed by atoms with Crippen LogP contribution in [0.4, 0.5) is 0 Å². The molecule has 0 aliphatic carbocycles. The molecule has 0 aromatic rings. The summed E-state index contributed by atoms with van der Waals surface area (Å²) in [6.07, 6.45) is 4.45. The maximum absolute atomic E-state index is 12.0. The van der Waals surface area contributed by atoms with Gasteiger partial charge in [0.25, 0.3) is 0 Å². The van der Waals surface area contributed by atoms with Gasteiger partial charge >= 0.3 is 0 Å². The van der Waals surface area contributed by atoms with Crippen LogP contribution in [0, 0.1) is 11.3 Å². The van der Waals surface area contributed by atoms with E-state index in [0.717, 1.165) is 38.8 Å². The first-order valence-corrected chi connectivity index (χ1v) is 7.27. The van der Waals surface area contributed by atoms with E-state index in [1.54, 1.807) is 0 Å². The Labute approximate surface area is 116 Å². The van der Waals surface area contributed by atoms with Gasteiger partial charge in [-0.25, -0.2) is 0 Å². The molecule has 2 N–H and O–H groups in total. The lowest BCUT2D eigenvalue weighted by atomic mass is 9.77. The molecule has 104 valence electrons. The van der Waals surface area contributed by atoms with Gasteiger partial charge in [-0.15, -0.1) is 0 Å². The van der Waals surface area contributed by atoms with E-state index in [0.29, 0.717) is 28.6 Å². The number of thiocarbonyl (C=S) groups is 1. The Morgan fingerprint density at radius 2 is 2.11 bits per heavy atom. The Balaban J connectivity index is 2.47. The molecule has 1 unspecified atom stereocenters. The van der Waals surface area contributed by atoms with Gasteiger partial charge in [-0.3, -0.25) is 4.79 Å². The van der Waals surface area contributed by atoms with Gasteiger partial charge in [0.2, 0.25) is 5.91 Å². The molecular weight excluding hydrogens is 244 g/mol. The topological polar surface area (TPSA) is 46.3 Å². The lowest BCUT2D eigenvalue weighted by Crippen LogP contribution is -2.32. The normalized spacial score (nSPS) is 21.8. The molecule has 0 aromatic carbocycles. The molecule has 1 saturated heterocycles. The molecule has 0 spiro atoms. The van der Waals surface area contributed by atoms with E-state index in [2.05, 4.69) is 20.8 Å². The van der Waals surface area contributed by atoms with E-state index in [1.165, 1.54) is 0 Å². The zero-order valence-electron chi connectivity index (χ0n) is 11.9. The maximum Gasteiger partial charge on any atom is 0.222 e. The molecule has 1 atom stereocenters. The minimum Gasteiger partial charge on any atom is -0.393 e. The number of nitrogens with zero attached hydrogens (tertiary/aromatic N) is 1. The molecule has 1 rings (SSSR count). The van der Waals surface area contributed by atoms with Crippen LogP contribution in [0.3, 0.4) is 0 Å². The molecule has 4 heteroatoms. The van der Waals surface area contributed by atoms with Crippen LogP contribution in [0.5, 0.6) is 0 Å². The third kappa shape index (κ3) is 4.92. The third-order valence-corrected chi connectivity index (χ3v) is 4.09. The Morgan fingerprint density at radius 3 is 2.67 bits per heavy atom. The van der Waals surface area contributed by atoms with Crippen LogP contribution in [-0.4, -0.2) is 28.9 Å². The highest BCUT2D eigenvalue weighted by Gasteiger charge is 2.29. The first-order chi connectivity index (χ1) is 8.30. The van der Waals surface area contributed by atoms with E-state index in [-0.39, 0.29) is 0 Å². The van der Waals surface area contributed by atoms with Gasteiger partial charge in [0.1, 0.15) is 0 Å². The van der Waals surface area contributed by atoms with Crippen molar-refractivity contribution in [1.82, 2.24) is 4.90 Å². The van der Waals surface area contributed by atoms with E-state index < -0.39 is 0 Å². The number of nitrogens with two attached hydrogens (primary N) is 1. The van der Waals surface area contributed by atoms with Crippen LogP contribution in [-0.2, 0) is 4.79 Å². The van der Waals surface area contributed by atoms with Crippen molar-refractivity contribution in [2.45, 2.75) is 52.9 Å². The summed E-state index contributed by atoms with van der Waals surface area (Å²) >= 11 is 4.86. The SMILES string of the molecule is CC(C)(C)C1CCC(=O)N(CCCC(N)=S)CC1. The predicted molar refractivity (Wildman–Crippen MR) is 79.4 cm³/mol. The van der Waals surface area contributed by atoms with Gasteiger partial charge in [-0.05, 0) is 37.0 Å². The third-order valence-electron chi connectivity index (χ3n) is 3.88. The van der Waals surface area contributed by atoms with Crippen LogP contribution >= 0.6 is 12.2 Å². The van der Waals surface area contributed by atoms with Crippen LogP contribution < -0.4 is 5.73 Å². The lowest BCUT2D eigenvalue weighted by molar-refractivity contribution is -0.130. The summed E-state index contributed by atoms with van der Waals surface area (Å²) < 4.78 is 0. The second kappa shape index (κ2) is 6.50. The molecule has 1 heterocycles. The summed E-state index contributed by atoms with van der Waals surface area (Å²) in [5.41, 5.74) is 5.78. The molecule has 0 radical (unpaired) electrons. The molecule has 0 saturated carbocycles. The van der Waals surface area contributed by atoms with Gasteiger partial charge < -0.3 is 10.6 Å². The quantitative estimate of drug-likeness (QED) is 0.799. The monoisotopic (exact) mass is 270 g/mol. The van der Waals surface area contributed by atoms with E-state index in [4.69, 9.17) is 18.0 Å². The van der Waals surface area contributed by atoms with Crippen LogP contribution in [0.25, 0.3) is 0 Å². The highest BCUT2D eigenvalue weighted by Crippen LogP contribution is 2.34. The summed E-state index contributed by atoms with van der Waals surface area (Å²) in [4.78, 5) is 14.6. The van der Waals surface area contributed by atoms with Gasteiger partial charge in [-0.1, -0.05) is 33.0 Å². The number of rotatable bonds is 4. The van der Waals surface area contributed by atoms with Crippen molar-refractivity contribution >= 4 is 23.1 Å². The van der Waals surface area contributed by atoms with Gasteiger partial charge in [0.05, 0.1) is 4.99 Å². The molecule has 3 nitrogen and oxygen atoms in total. The largest absolute Gasteiger partial charge is 0.393 e. The number of carbonyl (C=O) groups excluding carboxylic acids is 1. The van der Waals surface area contributed by atoms with Crippen molar-refractivity contribution < 1.29 is 4.79 Å². The smallest absolute Gasteiger partial charge is 0.222 e. The highest BCUT2D eigenvalue weighted by molar-refractivity contribution is 7.80. The number of hydrogen-bond acceptors (Lipinski definition) is 2. The molecule has 0 bridgehead atoms. The Morgan fingerprint density at radius 1 is 1.44 bits per heavy atom. The summed E-state index contributed by atoms with van der Waals surface area (Å²) in [5.74, 6) is 0.937. The number of likely N-dealkylation sites (tertiary alicyclic amines) is 1. The average Bonchev–Trinajstić information content (AvgIpc) is 2.40. The molecule has 1 amide bonds. The van der Waals surface area contributed by atoms with Gasteiger partial charge in [0.15, 0.2) is 0 Å². The number of carbonyl (C=O) groups is 1. The van der Waals surface area contributed by atoms with E-state index >= 15 is 0 Å². The van der Waals surface area contributed by atoms with Crippen molar-refractivity contribution in [2.75, 3.05) is 13.1 Å². The lowest BCUT2D eigenvalue weighted by Gasteiger charge is -2.29. The Kier molecular flexibility index (Phi) is 5.57. The molecule has 1 aliphatic heterocycles. The highest BCUT2D eigenvalue weighted by atomic mass is 32.1. The summed E-state index contributed by atoms with van der Waals surface area (Å²) in [6.45, 7) is 8.49. The van der Waals surface area contributed by atoms with Crippen LogP contribution in [0.15, 0.2) is 0 Å². The fourth-order valence-electron chi connectivity index (χ4n) is 2.58. The summed E-state index contributed by atoms with van der Waals surface area (Å²) in [5, 5.41) is 0. The molecule has 18 heavy (non-hydrogen) atoms. The first kappa shape index (κ1) is 15.4. The fourth-order valence-corrected chi connectivity index (χ4v) is 2.73. The Bertz CT molecular complexity index is 309. The minimum absolute atomic E-state index is 0.296. The standard InChI is InChI=1S/C14H26N2OS/c1-14(2,3)11-6-7-13(17)16(10-8-11)9-4-5-12(15)18/h11H,4-10H2,1-3H3,(H2,15,18). The van der Waals surface area contributed by atoms with Gasteiger partial charge in [-0.2, -0.15) is 0 Å². The first-order valence-electron chi connectivity index (χ1n) is 6.87.